The van der Waals surface area contributed by atoms with Crippen LogP contribution >= 0.6 is 0 Å². The standard InChI is InChI=1S/C9H12N2O3/c1-13-9(12)11(14-2)7-8-5-3-4-6-10-8/h3-6H,7H2,1-2H3. The third kappa shape index (κ3) is 2.70. The number of ether oxygens (including phenoxy) is 1. The molecule has 5 nitrogen and oxygen atoms in total. The molecule has 0 saturated heterocycles. The zero-order valence-electron chi connectivity index (χ0n) is 8.14. The number of methoxy groups -OCH3 is 1. The smallest absolute Gasteiger partial charge is 0.434 e. The van der Waals surface area contributed by atoms with Crippen LogP contribution in [0.2, 0.25) is 0 Å². The lowest BCUT2D eigenvalue weighted by molar-refractivity contribution is -0.113. The Morgan fingerprint density at radius 3 is 2.79 bits per heavy atom. The minimum Gasteiger partial charge on any atom is -0.451 e. The fraction of sp³-hybridized carbons (Fsp3) is 0.333. The van der Waals surface area contributed by atoms with E-state index in [9.17, 15) is 4.79 Å². The van der Waals surface area contributed by atoms with Crippen LogP contribution in [0, 0.1) is 0 Å². The predicted molar refractivity (Wildman–Crippen MR) is 49.2 cm³/mol. The quantitative estimate of drug-likeness (QED) is 0.682. The van der Waals surface area contributed by atoms with E-state index in [2.05, 4.69) is 9.72 Å². The van der Waals surface area contributed by atoms with E-state index >= 15 is 0 Å². The maximum absolute atomic E-state index is 11.1. The molecule has 0 aliphatic heterocycles. The zero-order valence-corrected chi connectivity index (χ0v) is 8.14. The Morgan fingerprint density at radius 2 is 2.29 bits per heavy atom. The van der Waals surface area contributed by atoms with Gasteiger partial charge in [-0.15, -0.1) is 0 Å². The highest BCUT2D eigenvalue weighted by Crippen LogP contribution is 2.02. The van der Waals surface area contributed by atoms with Crippen molar-refractivity contribution in [1.82, 2.24) is 10.0 Å². The molecule has 1 heterocycles. The highest BCUT2D eigenvalue weighted by Gasteiger charge is 2.13. The van der Waals surface area contributed by atoms with Gasteiger partial charge >= 0.3 is 6.09 Å². The predicted octanol–water partition coefficient (Wildman–Crippen LogP) is 1.21. The Kier molecular flexibility index (Phi) is 3.87. The van der Waals surface area contributed by atoms with Gasteiger partial charge in [0, 0.05) is 6.20 Å². The molecule has 0 spiro atoms. The summed E-state index contributed by atoms with van der Waals surface area (Å²) in [4.78, 5) is 20.0. The number of pyridine rings is 1. The van der Waals surface area contributed by atoms with Crippen LogP contribution in [0.1, 0.15) is 5.69 Å². The van der Waals surface area contributed by atoms with Gasteiger partial charge in [-0.3, -0.25) is 9.82 Å². The van der Waals surface area contributed by atoms with Crippen LogP contribution in [-0.4, -0.2) is 30.4 Å². The summed E-state index contributed by atoms with van der Waals surface area (Å²) in [5.74, 6) is 0. The van der Waals surface area contributed by atoms with E-state index in [0.29, 0.717) is 0 Å². The molecule has 0 aliphatic carbocycles. The summed E-state index contributed by atoms with van der Waals surface area (Å²) in [6.45, 7) is 0.268. The number of amides is 1. The van der Waals surface area contributed by atoms with E-state index in [1.807, 2.05) is 6.07 Å². The highest BCUT2D eigenvalue weighted by molar-refractivity contribution is 5.65. The molecule has 0 atom stereocenters. The van der Waals surface area contributed by atoms with E-state index in [1.165, 1.54) is 14.2 Å². The van der Waals surface area contributed by atoms with Crippen LogP contribution in [0.3, 0.4) is 0 Å². The van der Waals surface area contributed by atoms with Gasteiger partial charge in [0.15, 0.2) is 0 Å². The lowest BCUT2D eigenvalue weighted by atomic mass is 10.3. The number of carbonyl (C=O) groups excluding carboxylic acids is 1. The first-order valence-electron chi connectivity index (χ1n) is 4.07. The maximum atomic E-state index is 11.1. The van der Waals surface area contributed by atoms with Crippen molar-refractivity contribution < 1.29 is 14.4 Å². The number of aromatic nitrogens is 1. The summed E-state index contributed by atoms with van der Waals surface area (Å²) in [7, 11) is 2.70. The Morgan fingerprint density at radius 1 is 1.50 bits per heavy atom. The van der Waals surface area contributed by atoms with E-state index in [0.717, 1.165) is 10.8 Å². The summed E-state index contributed by atoms with van der Waals surface area (Å²) in [6.07, 6.45) is 1.11. The average Bonchev–Trinajstić information content (AvgIpc) is 2.26. The number of hydrogen-bond donors (Lipinski definition) is 0. The minimum absolute atomic E-state index is 0.268. The first-order chi connectivity index (χ1) is 6.77. The number of carbonyl (C=O) groups is 1. The van der Waals surface area contributed by atoms with E-state index in [4.69, 9.17) is 4.84 Å². The van der Waals surface area contributed by atoms with Crippen molar-refractivity contribution in [1.29, 1.82) is 0 Å². The molecule has 1 aromatic rings. The lowest BCUT2D eigenvalue weighted by Gasteiger charge is -2.16. The van der Waals surface area contributed by atoms with Crippen LogP contribution in [0.5, 0.6) is 0 Å². The Bertz CT molecular complexity index is 289. The molecule has 14 heavy (non-hydrogen) atoms. The molecule has 0 N–H and O–H groups in total. The summed E-state index contributed by atoms with van der Waals surface area (Å²) in [5.41, 5.74) is 0.736. The molecule has 0 fully saturated rings. The van der Waals surface area contributed by atoms with Crippen LogP contribution in [0.15, 0.2) is 24.4 Å². The second-order valence-corrected chi connectivity index (χ2v) is 2.51. The van der Waals surface area contributed by atoms with E-state index in [-0.39, 0.29) is 6.54 Å². The topological polar surface area (TPSA) is 51.7 Å². The van der Waals surface area contributed by atoms with Gasteiger partial charge in [0.05, 0.1) is 26.5 Å². The van der Waals surface area contributed by atoms with Crippen molar-refractivity contribution in [3.05, 3.63) is 30.1 Å². The average molecular weight is 196 g/mol. The minimum atomic E-state index is -0.543. The fourth-order valence-electron chi connectivity index (χ4n) is 0.944. The van der Waals surface area contributed by atoms with Crippen LogP contribution in [0.25, 0.3) is 0 Å². The summed E-state index contributed by atoms with van der Waals surface area (Å²) >= 11 is 0. The van der Waals surface area contributed by atoms with E-state index < -0.39 is 6.09 Å². The molecule has 1 amide bonds. The van der Waals surface area contributed by atoms with Crippen molar-refractivity contribution in [2.75, 3.05) is 14.2 Å². The van der Waals surface area contributed by atoms with Gasteiger partial charge in [-0.25, -0.2) is 4.79 Å². The molecule has 1 aromatic heterocycles. The normalized spacial score (nSPS) is 9.57. The second kappa shape index (κ2) is 5.18. The van der Waals surface area contributed by atoms with Gasteiger partial charge in [-0.2, -0.15) is 5.06 Å². The molecule has 0 radical (unpaired) electrons. The maximum Gasteiger partial charge on any atom is 0.434 e. The molecule has 0 bridgehead atoms. The molecule has 5 heteroatoms. The zero-order chi connectivity index (χ0) is 10.4. The second-order valence-electron chi connectivity index (χ2n) is 2.51. The molecule has 0 aromatic carbocycles. The summed E-state index contributed by atoms with van der Waals surface area (Å²) in [5, 5.41) is 1.09. The van der Waals surface area contributed by atoms with Gasteiger partial charge < -0.3 is 4.74 Å². The lowest BCUT2D eigenvalue weighted by Crippen LogP contribution is -2.29. The molecule has 0 aliphatic rings. The van der Waals surface area contributed by atoms with Crippen LogP contribution < -0.4 is 0 Å². The monoisotopic (exact) mass is 196 g/mol. The molecular weight excluding hydrogens is 184 g/mol. The fourth-order valence-corrected chi connectivity index (χ4v) is 0.944. The Labute approximate surface area is 82.2 Å². The number of nitrogens with zero attached hydrogens (tertiary/aromatic N) is 2. The van der Waals surface area contributed by atoms with Gasteiger partial charge in [-0.05, 0) is 12.1 Å². The molecule has 0 saturated carbocycles. The Balaban J connectivity index is 2.62. The number of hydrogen-bond acceptors (Lipinski definition) is 4. The molecule has 1 rings (SSSR count). The Hall–Kier alpha value is -1.62. The highest BCUT2D eigenvalue weighted by atomic mass is 16.7. The molecular formula is C9H12N2O3. The van der Waals surface area contributed by atoms with Crippen molar-refractivity contribution in [3.63, 3.8) is 0 Å². The van der Waals surface area contributed by atoms with Gasteiger partial charge in [0.25, 0.3) is 0 Å². The van der Waals surface area contributed by atoms with Crippen molar-refractivity contribution >= 4 is 6.09 Å². The summed E-state index contributed by atoms with van der Waals surface area (Å²) in [6, 6.07) is 5.45. The van der Waals surface area contributed by atoms with Crippen molar-refractivity contribution in [2.24, 2.45) is 0 Å². The number of rotatable bonds is 3. The SMILES string of the molecule is COC(=O)N(Cc1ccccn1)OC. The van der Waals surface area contributed by atoms with Crippen molar-refractivity contribution in [3.8, 4) is 0 Å². The first kappa shape index (κ1) is 10.5. The van der Waals surface area contributed by atoms with Crippen LogP contribution in [0.4, 0.5) is 4.79 Å². The number of hydroxylamine groups is 2. The summed E-state index contributed by atoms with van der Waals surface area (Å²) < 4.78 is 4.51. The van der Waals surface area contributed by atoms with Gasteiger partial charge in [0.2, 0.25) is 0 Å². The molecule has 76 valence electrons. The first-order valence-corrected chi connectivity index (χ1v) is 4.07. The largest absolute Gasteiger partial charge is 0.451 e. The van der Waals surface area contributed by atoms with Gasteiger partial charge in [0.1, 0.15) is 0 Å². The third-order valence-corrected chi connectivity index (χ3v) is 1.63. The third-order valence-electron chi connectivity index (χ3n) is 1.63. The van der Waals surface area contributed by atoms with E-state index in [1.54, 1.807) is 18.3 Å². The van der Waals surface area contributed by atoms with Crippen LogP contribution in [-0.2, 0) is 16.1 Å². The van der Waals surface area contributed by atoms with Gasteiger partial charge in [-0.1, -0.05) is 6.07 Å². The molecule has 0 unspecified atom stereocenters. The van der Waals surface area contributed by atoms with Crippen molar-refractivity contribution in [2.45, 2.75) is 6.54 Å².